The summed E-state index contributed by atoms with van der Waals surface area (Å²) in [6.45, 7) is -0.520. The maximum atomic E-state index is 12.3. The normalized spacial score (nSPS) is 11.7. The van der Waals surface area contributed by atoms with E-state index < -0.39 is 6.61 Å². The van der Waals surface area contributed by atoms with E-state index in [0.717, 1.165) is 0 Å². The largest absolute Gasteiger partial charge is 0.435 e. The number of carbonyl (C=O) groups excluding carboxylic acids is 1. The van der Waals surface area contributed by atoms with Crippen LogP contribution in [0.5, 0.6) is 5.75 Å². The Labute approximate surface area is 144 Å². The molecule has 1 amide bonds. The first kappa shape index (κ1) is 19.9. The zero-order chi connectivity index (χ0) is 16.8. The molecule has 0 radical (unpaired) electrons. The van der Waals surface area contributed by atoms with Crippen molar-refractivity contribution < 1.29 is 18.3 Å². The molecule has 1 atom stereocenters. The maximum Gasteiger partial charge on any atom is 0.387 e. The summed E-state index contributed by atoms with van der Waals surface area (Å²) < 4.78 is 29.0. The number of hydrogen-bond acceptors (Lipinski definition) is 4. The van der Waals surface area contributed by atoms with Gasteiger partial charge >= 0.3 is 6.61 Å². The van der Waals surface area contributed by atoms with E-state index in [4.69, 9.17) is 0 Å². The highest BCUT2D eigenvalue weighted by atomic mass is 35.5. The highest BCUT2D eigenvalue weighted by Gasteiger charge is 2.16. The summed E-state index contributed by atoms with van der Waals surface area (Å²) in [5.41, 5.74) is 1.31. The van der Waals surface area contributed by atoms with Crippen LogP contribution in [0.3, 0.4) is 0 Å². The van der Waals surface area contributed by atoms with Gasteiger partial charge in [0, 0.05) is 18.2 Å². The molecule has 6 nitrogen and oxygen atoms in total. The van der Waals surface area contributed by atoms with Crippen LogP contribution in [0.15, 0.2) is 30.5 Å². The molecule has 1 aromatic carbocycles. The van der Waals surface area contributed by atoms with Crippen LogP contribution in [0.4, 0.5) is 8.78 Å². The third kappa shape index (κ3) is 5.17. The molecule has 0 aliphatic rings. The molecule has 0 fully saturated rings. The molecule has 0 spiro atoms. The minimum Gasteiger partial charge on any atom is -0.435 e. The number of amides is 1. The van der Waals surface area contributed by atoms with Gasteiger partial charge in [0.1, 0.15) is 5.75 Å². The zero-order valence-corrected chi connectivity index (χ0v) is 14.0. The standard InChI is InChI=1S/C15H18F2N4O2.ClH/c1-9(18-2)7-19-14(22)12-8-20-21-13(12)10-4-3-5-11(6-10)23-15(16)17;/h3-6,8-9,15,18H,7H2,1-2H3,(H,19,22)(H,20,21);1H. The van der Waals surface area contributed by atoms with Gasteiger partial charge in [-0.3, -0.25) is 9.89 Å². The van der Waals surface area contributed by atoms with E-state index in [1.165, 1.54) is 18.3 Å². The number of rotatable bonds is 7. The summed E-state index contributed by atoms with van der Waals surface area (Å²) in [7, 11) is 1.80. The van der Waals surface area contributed by atoms with Crippen LogP contribution in [0, 0.1) is 0 Å². The lowest BCUT2D eigenvalue weighted by Gasteiger charge is -2.11. The molecule has 2 aromatic rings. The predicted molar refractivity (Wildman–Crippen MR) is 88.8 cm³/mol. The molecule has 3 N–H and O–H groups in total. The van der Waals surface area contributed by atoms with Crippen molar-refractivity contribution in [2.45, 2.75) is 19.6 Å². The third-order valence-electron chi connectivity index (χ3n) is 3.29. The zero-order valence-electron chi connectivity index (χ0n) is 13.2. The van der Waals surface area contributed by atoms with Crippen LogP contribution >= 0.6 is 12.4 Å². The molecule has 0 saturated heterocycles. The van der Waals surface area contributed by atoms with Crippen LogP contribution < -0.4 is 15.4 Å². The summed E-state index contributed by atoms with van der Waals surface area (Å²) in [6.07, 6.45) is 1.40. The van der Waals surface area contributed by atoms with Crippen molar-refractivity contribution in [1.29, 1.82) is 0 Å². The second kappa shape index (κ2) is 9.19. The van der Waals surface area contributed by atoms with Gasteiger partial charge in [0.15, 0.2) is 0 Å². The van der Waals surface area contributed by atoms with E-state index in [1.54, 1.807) is 19.2 Å². The Morgan fingerprint density at radius 2 is 2.17 bits per heavy atom. The third-order valence-corrected chi connectivity index (χ3v) is 3.29. The van der Waals surface area contributed by atoms with E-state index in [9.17, 15) is 13.6 Å². The van der Waals surface area contributed by atoms with Gasteiger partial charge in [0.05, 0.1) is 17.5 Å². The Hall–Kier alpha value is -2.19. The molecular formula is C15H19ClF2N4O2. The van der Waals surface area contributed by atoms with Crippen LogP contribution in [0.2, 0.25) is 0 Å². The first-order valence-corrected chi connectivity index (χ1v) is 7.05. The molecule has 2 rings (SSSR count). The predicted octanol–water partition coefficient (Wildman–Crippen LogP) is 2.44. The minimum atomic E-state index is -2.90. The molecule has 24 heavy (non-hydrogen) atoms. The minimum absolute atomic E-state index is 0. The number of H-pyrrole nitrogens is 1. The molecular weight excluding hydrogens is 342 g/mol. The van der Waals surface area contributed by atoms with Crippen molar-refractivity contribution in [3.05, 3.63) is 36.0 Å². The van der Waals surface area contributed by atoms with Crippen molar-refractivity contribution in [1.82, 2.24) is 20.8 Å². The number of carbonyl (C=O) groups is 1. The van der Waals surface area contributed by atoms with E-state index in [0.29, 0.717) is 23.4 Å². The molecule has 132 valence electrons. The molecule has 0 saturated carbocycles. The van der Waals surface area contributed by atoms with Gasteiger partial charge < -0.3 is 15.4 Å². The fourth-order valence-electron chi connectivity index (χ4n) is 1.95. The van der Waals surface area contributed by atoms with Gasteiger partial charge in [-0.1, -0.05) is 12.1 Å². The number of alkyl halides is 2. The number of benzene rings is 1. The van der Waals surface area contributed by atoms with Crippen LogP contribution in [0.1, 0.15) is 17.3 Å². The molecule has 1 unspecified atom stereocenters. The summed E-state index contributed by atoms with van der Waals surface area (Å²) in [4.78, 5) is 12.2. The summed E-state index contributed by atoms with van der Waals surface area (Å²) >= 11 is 0. The monoisotopic (exact) mass is 360 g/mol. The lowest BCUT2D eigenvalue weighted by atomic mass is 10.1. The highest BCUT2D eigenvalue weighted by Crippen LogP contribution is 2.25. The first-order valence-electron chi connectivity index (χ1n) is 7.05. The molecule has 9 heteroatoms. The lowest BCUT2D eigenvalue weighted by Crippen LogP contribution is -2.37. The highest BCUT2D eigenvalue weighted by molar-refractivity contribution is 5.99. The molecule has 0 bridgehead atoms. The van der Waals surface area contributed by atoms with Crippen LogP contribution in [-0.4, -0.2) is 42.4 Å². The number of aromatic amines is 1. The lowest BCUT2D eigenvalue weighted by molar-refractivity contribution is -0.0498. The number of hydrogen-bond donors (Lipinski definition) is 3. The Morgan fingerprint density at radius 3 is 2.83 bits per heavy atom. The molecule has 1 aromatic heterocycles. The number of nitrogens with zero attached hydrogens (tertiary/aromatic N) is 1. The number of nitrogens with one attached hydrogen (secondary N) is 3. The van der Waals surface area contributed by atoms with Gasteiger partial charge in [0.25, 0.3) is 5.91 Å². The second-order valence-corrected chi connectivity index (χ2v) is 4.96. The Bertz CT molecular complexity index is 666. The van der Waals surface area contributed by atoms with Gasteiger partial charge in [-0.15, -0.1) is 12.4 Å². The van der Waals surface area contributed by atoms with Crippen molar-refractivity contribution in [3.8, 4) is 17.0 Å². The fourth-order valence-corrected chi connectivity index (χ4v) is 1.95. The van der Waals surface area contributed by atoms with Crippen molar-refractivity contribution >= 4 is 18.3 Å². The van der Waals surface area contributed by atoms with E-state index in [1.807, 2.05) is 6.92 Å². The average molecular weight is 361 g/mol. The van der Waals surface area contributed by atoms with Crippen molar-refractivity contribution in [2.75, 3.05) is 13.6 Å². The quantitative estimate of drug-likeness (QED) is 0.708. The molecule has 0 aliphatic carbocycles. The summed E-state index contributed by atoms with van der Waals surface area (Å²) in [5.74, 6) is -0.279. The Morgan fingerprint density at radius 1 is 1.42 bits per heavy atom. The van der Waals surface area contributed by atoms with Crippen molar-refractivity contribution in [3.63, 3.8) is 0 Å². The summed E-state index contributed by atoms with van der Waals surface area (Å²) in [5, 5.41) is 12.4. The SMILES string of the molecule is CNC(C)CNC(=O)c1cn[nH]c1-c1cccc(OC(F)F)c1.Cl. The van der Waals surface area contributed by atoms with E-state index in [2.05, 4.69) is 25.6 Å². The smallest absolute Gasteiger partial charge is 0.387 e. The molecule has 1 heterocycles. The average Bonchev–Trinajstić information content (AvgIpc) is 3.01. The summed E-state index contributed by atoms with van der Waals surface area (Å²) in [6, 6.07) is 6.21. The van der Waals surface area contributed by atoms with Gasteiger partial charge in [-0.25, -0.2) is 0 Å². The first-order chi connectivity index (χ1) is 11.0. The Balaban J connectivity index is 0.00000288. The van der Waals surface area contributed by atoms with Gasteiger partial charge in [-0.2, -0.15) is 13.9 Å². The molecule has 0 aliphatic heterocycles. The van der Waals surface area contributed by atoms with Crippen molar-refractivity contribution in [2.24, 2.45) is 0 Å². The van der Waals surface area contributed by atoms with E-state index in [-0.39, 0.29) is 30.1 Å². The Kier molecular flexibility index (Phi) is 7.60. The number of halogens is 3. The van der Waals surface area contributed by atoms with Crippen LogP contribution in [0.25, 0.3) is 11.3 Å². The maximum absolute atomic E-state index is 12.3. The number of aromatic nitrogens is 2. The van der Waals surface area contributed by atoms with Gasteiger partial charge in [0.2, 0.25) is 0 Å². The second-order valence-electron chi connectivity index (χ2n) is 4.96. The fraction of sp³-hybridized carbons (Fsp3) is 0.333. The topological polar surface area (TPSA) is 79.0 Å². The van der Waals surface area contributed by atoms with Gasteiger partial charge in [-0.05, 0) is 26.1 Å². The number of ether oxygens (including phenoxy) is 1. The van der Waals surface area contributed by atoms with Crippen LogP contribution in [-0.2, 0) is 0 Å². The number of likely N-dealkylation sites (N-methyl/N-ethyl adjacent to an activating group) is 1. The van der Waals surface area contributed by atoms with E-state index >= 15 is 0 Å².